The van der Waals surface area contributed by atoms with Crippen LogP contribution in [-0.2, 0) is 16.6 Å². The highest BCUT2D eigenvalue weighted by atomic mass is 32.2. The average Bonchev–Trinajstić information content (AvgIpc) is 2.82. The standard InChI is InChI=1S/C23H27N5O5S/c1-4-27(5-2)34(32,33)18-13-9-12-17(14-18)22(30)26(3)19-20(24)28(23(31)25-21(19)29)15-16-10-7-6-8-11-16/h6-14H,4-5,15,24H2,1-3H3,(H,25,29,31). The van der Waals surface area contributed by atoms with Crippen molar-refractivity contribution in [1.29, 1.82) is 0 Å². The smallest absolute Gasteiger partial charge is 0.330 e. The molecular formula is C23H27N5O5S. The van der Waals surface area contributed by atoms with Crippen LogP contribution in [0.2, 0.25) is 0 Å². The number of amides is 1. The van der Waals surface area contributed by atoms with E-state index in [1.807, 2.05) is 6.07 Å². The Balaban J connectivity index is 2.02. The average molecular weight is 486 g/mol. The van der Waals surface area contributed by atoms with Crippen LogP contribution in [0.25, 0.3) is 0 Å². The molecule has 0 atom stereocenters. The minimum Gasteiger partial charge on any atom is -0.383 e. The van der Waals surface area contributed by atoms with Crippen LogP contribution in [-0.4, -0.2) is 48.3 Å². The van der Waals surface area contributed by atoms with Gasteiger partial charge in [-0.2, -0.15) is 4.31 Å². The molecule has 0 aliphatic carbocycles. The number of aromatic amines is 1. The maximum atomic E-state index is 13.2. The Hall–Kier alpha value is -3.70. The highest BCUT2D eigenvalue weighted by molar-refractivity contribution is 7.89. The first-order chi connectivity index (χ1) is 16.1. The number of rotatable bonds is 8. The molecule has 1 amide bonds. The molecule has 0 aliphatic rings. The van der Waals surface area contributed by atoms with Gasteiger partial charge in [-0.25, -0.2) is 13.2 Å². The van der Waals surface area contributed by atoms with E-state index in [1.165, 1.54) is 35.6 Å². The lowest BCUT2D eigenvalue weighted by atomic mass is 10.2. The molecule has 0 fully saturated rings. The Morgan fingerprint density at radius 1 is 1.03 bits per heavy atom. The maximum Gasteiger partial charge on any atom is 0.330 e. The summed E-state index contributed by atoms with van der Waals surface area (Å²) in [5.74, 6) is -0.834. The Morgan fingerprint density at radius 2 is 1.68 bits per heavy atom. The zero-order chi connectivity index (χ0) is 25.0. The summed E-state index contributed by atoms with van der Waals surface area (Å²) < 4.78 is 28.2. The van der Waals surface area contributed by atoms with Crippen molar-refractivity contribution in [1.82, 2.24) is 13.9 Å². The van der Waals surface area contributed by atoms with Gasteiger partial charge >= 0.3 is 5.69 Å². The van der Waals surface area contributed by atoms with Crippen LogP contribution in [0.1, 0.15) is 29.8 Å². The summed E-state index contributed by atoms with van der Waals surface area (Å²) in [6.07, 6.45) is 0. The number of nitrogens with zero attached hydrogens (tertiary/aromatic N) is 3. The lowest BCUT2D eigenvalue weighted by Crippen LogP contribution is -2.39. The lowest BCUT2D eigenvalue weighted by Gasteiger charge is -2.21. The van der Waals surface area contributed by atoms with Gasteiger partial charge < -0.3 is 10.6 Å². The van der Waals surface area contributed by atoms with Gasteiger partial charge in [0, 0.05) is 25.7 Å². The summed E-state index contributed by atoms with van der Waals surface area (Å²) in [4.78, 5) is 41.4. The predicted octanol–water partition coefficient (Wildman–Crippen LogP) is 1.47. The van der Waals surface area contributed by atoms with Gasteiger partial charge in [0.1, 0.15) is 5.82 Å². The van der Waals surface area contributed by atoms with Gasteiger partial charge in [-0.1, -0.05) is 50.2 Å². The van der Waals surface area contributed by atoms with Crippen LogP contribution in [0, 0.1) is 0 Å². The SMILES string of the molecule is CCN(CC)S(=O)(=O)c1cccc(C(=O)N(C)c2c(N)n(Cc3ccccc3)c(=O)[nH]c2=O)c1. The molecule has 3 N–H and O–H groups in total. The summed E-state index contributed by atoms with van der Waals surface area (Å²) in [6, 6.07) is 14.6. The van der Waals surface area contributed by atoms with Crippen LogP contribution < -0.4 is 21.9 Å². The fraction of sp³-hybridized carbons (Fsp3) is 0.261. The van der Waals surface area contributed by atoms with Crippen molar-refractivity contribution in [2.75, 3.05) is 30.8 Å². The van der Waals surface area contributed by atoms with Gasteiger partial charge in [-0.3, -0.25) is 19.1 Å². The third kappa shape index (κ3) is 4.80. The number of hydrogen-bond acceptors (Lipinski definition) is 6. The fourth-order valence-corrected chi connectivity index (χ4v) is 5.13. The van der Waals surface area contributed by atoms with Crippen LogP contribution in [0.3, 0.4) is 0 Å². The normalized spacial score (nSPS) is 11.5. The molecule has 0 aliphatic heterocycles. The molecular weight excluding hydrogens is 458 g/mol. The maximum absolute atomic E-state index is 13.2. The second kappa shape index (κ2) is 10.1. The minimum absolute atomic E-state index is 0.0358. The zero-order valence-electron chi connectivity index (χ0n) is 19.2. The van der Waals surface area contributed by atoms with Gasteiger partial charge in [0.05, 0.1) is 11.4 Å². The van der Waals surface area contributed by atoms with Gasteiger partial charge in [-0.15, -0.1) is 0 Å². The van der Waals surface area contributed by atoms with Gasteiger partial charge in [0.15, 0.2) is 5.69 Å². The molecule has 0 saturated heterocycles. The van der Waals surface area contributed by atoms with E-state index in [4.69, 9.17) is 5.73 Å². The van der Waals surface area contributed by atoms with Crippen molar-refractivity contribution in [3.05, 3.63) is 86.6 Å². The molecule has 0 radical (unpaired) electrons. The number of nitrogen functional groups attached to an aromatic ring is 1. The number of carbonyl (C=O) groups excluding carboxylic acids is 1. The number of benzene rings is 2. The third-order valence-electron chi connectivity index (χ3n) is 5.46. The molecule has 180 valence electrons. The Morgan fingerprint density at radius 3 is 2.29 bits per heavy atom. The second-order valence-corrected chi connectivity index (χ2v) is 9.48. The van der Waals surface area contributed by atoms with Crippen LogP contribution in [0.5, 0.6) is 0 Å². The fourth-order valence-electron chi connectivity index (χ4n) is 3.62. The van der Waals surface area contributed by atoms with Crippen LogP contribution in [0.15, 0.2) is 69.1 Å². The molecule has 10 nitrogen and oxygen atoms in total. The van der Waals surface area contributed by atoms with Crippen molar-refractivity contribution < 1.29 is 13.2 Å². The van der Waals surface area contributed by atoms with Crippen molar-refractivity contribution in [2.45, 2.75) is 25.3 Å². The third-order valence-corrected chi connectivity index (χ3v) is 7.51. The predicted molar refractivity (Wildman–Crippen MR) is 131 cm³/mol. The number of nitrogens with one attached hydrogen (secondary N) is 1. The minimum atomic E-state index is -3.79. The first-order valence-corrected chi connectivity index (χ1v) is 12.1. The van der Waals surface area contributed by atoms with E-state index in [9.17, 15) is 22.8 Å². The number of aromatic nitrogens is 2. The number of hydrogen-bond donors (Lipinski definition) is 2. The van der Waals surface area contributed by atoms with E-state index in [1.54, 1.807) is 38.1 Å². The zero-order valence-corrected chi connectivity index (χ0v) is 20.0. The van der Waals surface area contributed by atoms with Crippen molar-refractivity contribution >= 4 is 27.4 Å². The summed E-state index contributed by atoms with van der Waals surface area (Å²) in [5, 5.41) is 0. The molecule has 3 aromatic rings. The summed E-state index contributed by atoms with van der Waals surface area (Å²) in [6.45, 7) is 4.11. The lowest BCUT2D eigenvalue weighted by molar-refractivity contribution is 0.0992. The number of carbonyl (C=O) groups is 1. The highest BCUT2D eigenvalue weighted by Crippen LogP contribution is 2.21. The van der Waals surface area contributed by atoms with Gasteiger partial charge in [-0.05, 0) is 23.8 Å². The molecule has 0 bridgehead atoms. The van der Waals surface area contributed by atoms with Gasteiger partial charge in [0.25, 0.3) is 11.5 Å². The van der Waals surface area contributed by atoms with E-state index >= 15 is 0 Å². The molecule has 1 aromatic heterocycles. The van der Waals surface area contributed by atoms with E-state index in [0.717, 1.165) is 15.0 Å². The Kier molecular flexibility index (Phi) is 7.38. The summed E-state index contributed by atoms with van der Waals surface area (Å²) in [5.41, 5.74) is 5.26. The molecule has 11 heteroatoms. The van der Waals surface area contributed by atoms with E-state index in [-0.39, 0.29) is 41.6 Å². The van der Waals surface area contributed by atoms with Crippen molar-refractivity contribution in [3.8, 4) is 0 Å². The largest absolute Gasteiger partial charge is 0.383 e. The van der Waals surface area contributed by atoms with Crippen molar-refractivity contribution in [3.63, 3.8) is 0 Å². The molecule has 1 heterocycles. The topological polar surface area (TPSA) is 139 Å². The summed E-state index contributed by atoms with van der Waals surface area (Å²) in [7, 11) is -2.45. The molecule has 0 saturated carbocycles. The molecule has 2 aromatic carbocycles. The Labute approximate surface area is 197 Å². The Bertz CT molecular complexity index is 1410. The summed E-state index contributed by atoms with van der Waals surface area (Å²) >= 11 is 0. The molecule has 3 rings (SSSR count). The molecule has 0 spiro atoms. The molecule has 34 heavy (non-hydrogen) atoms. The first-order valence-electron chi connectivity index (χ1n) is 10.7. The van der Waals surface area contributed by atoms with Crippen LogP contribution in [0.4, 0.5) is 11.5 Å². The van der Waals surface area contributed by atoms with Gasteiger partial charge in [0.2, 0.25) is 10.0 Å². The number of nitrogens with two attached hydrogens (primary N) is 1. The molecule has 0 unspecified atom stereocenters. The monoisotopic (exact) mass is 485 g/mol. The number of anilines is 2. The first kappa shape index (κ1) is 24.9. The highest BCUT2D eigenvalue weighted by Gasteiger charge is 2.25. The number of sulfonamides is 1. The van der Waals surface area contributed by atoms with Crippen LogP contribution >= 0.6 is 0 Å². The number of H-pyrrole nitrogens is 1. The van der Waals surface area contributed by atoms with E-state index in [0.29, 0.717) is 0 Å². The van der Waals surface area contributed by atoms with E-state index < -0.39 is 27.2 Å². The van der Waals surface area contributed by atoms with Crippen molar-refractivity contribution in [2.24, 2.45) is 0 Å². The van der Waals surface area contributed by atoms with E-state index in [2.05, 4.69) is 4.98 Å². The second-order valence-electron chi connectivity index (χ2n) is 7.55. The quantitative estimate of drug-likeness (QED) is 0.495.